The van der Waals surface area contributed by atoms with Crippen LogP contribution in [0.5, 0.6) is 0 Å². The molecule has 2 N–H and O–H groups in total. The van der Waals surface area contributed by atoms with Crippen molar-refractivity contribution in [1.29, 1.82) is 0 Å². The normalized spacial score (nSPS) is 33.9. The molecule has 0 unspecified atom stereocenters. The molecule has 2 aliphatic rings. The van der Waals surface area contributed by atoms with Gasteiger partial charge in [0.15, 0.2) is 6.10 Å². The molecule has 3 atom stereocenters. The molecule has 0 bridgehead atoms. The first-order valence-corrected chi connectivity index (χ1v) is 5.99. The monoisotopic (exact) mass is 249 g/mol. The highest BCUT2D eigenvalue weighted by Crippen LogP contribution is 2.34. The molecule has 5 nitrogen and oxygen atoms in total. The molecule has 2 saturated heterocycles. The van der Waals surface area contributed by atoms with Crippen LogP contribution in [0.3, 0.4) is 0 Å². The van der Waals surface area contributed by atoms with E-state index in [9.17, 15) is 9.90 Å². The van der Waals surface area contributed by atoms with E-state index in [1.807, 2.05) is 30.3 Å². The maximum absolute atomic E-state index is 11.2. The highest BCUT2D eigenvalue weighted by Gasteiger charge is 2.55. The Morgan fingerprint density at radius 2 is 2.17 bits per heavy atom. The molecular formula is C13H15NO4. The second-order valence-corrected chi connectivity index (χ2v) is 4.76. The Hall–Kier alpha value is -1.59. The number of aliphatic hydroxyl groups is 1. The van der Waals surface area contributed by atoms with Gasteiger partial charge in [0.1, 0.15) is 11.6 Å². The molecule has 0 radical (unpaired) electrons. The Labute approximate surface area is 105 Å². The van der Waals surface area contributed by atoms with Gasteiger partial charge in [-0.25, -0.2) is 4.79 Å². The Kier molecular flexibility index (Phi) is 2.72. The highest BCUT2D eigenvalue weighted by molar-refractivity contribution is 5.71. The van der Waals surface area contributed by atoms with Crippen LogP contribution in [0, 0.1) is 0 Å². The van der Waals surface area contributed by atoms with Crippen LogP contribution in [0.25, 0.3) is 0 Å². The molecule has 96 valence electrons. The zero-order chi connectivity index (χ0) is 12.6. The predicted octanol–water partition coefficient (Wildman–Crippen LogP) is 0.467. The number of amides is 1. The summed E-state index contributed by atoms with van der Waals surface area (Å²) in [6.45, 7) is 0.184. The predicted molar refractivity (Wildman–Crippen MR) is 63.1 cm³/mol. The standard InChI is InChI=1S/C13H15NO4/c15-8-13(6-9-4-2-1-3-5-9)11-10(7-17-13)18-12(16)14-11/h1-5,10-11,15H,6-8H2,(H,14,16)/t10-,11-,13-/m1/s1. The molecule has 1 aromatic rings. The first-order chi connectivity index (χ1) is 8.73. The highest BCUT2D eigenvalue weighted by atomic mass is 16.6. The topological polar surface area (TPSA) is 67.8 Å². The molecule has 18 heavy (non-hydrogen) atoms. The van der Waals surface area contributed by atoms with Crippen LogP contribution in [-0.4, -0.2) is 42.2 Å². The van der Waals surface area contributed by atoms with Gasteiger partial charge in [0, 0.05) is 6.42 Å². The van der Waals surface area contributed by atoms with Crippen LogP contribution < -0.4 is 5.32 Å². The molecule has 0 aliphatic carbocycles. The van der Waals surface area contributed by atoms with E-state index in [0.29, 0.717) is 13.0 Å². The molecule has 0 spiro atoms. The zero-order valence-corrected chi connectivity index (χ0v) is 9.83. The number of benzene rings is 1. The number of hydrogen-bond acceptors (Lipinski definition) is 4. The van der Waals surface area contributed by atoms with Crippen molar-refractivity contribution < 1.29 is 19.4 Å². The Morgan fingerprint density at radius 3 is 2.89 bits per heavy atom. The maximum Gasteiger partial charge on any atom is 0.408 e. The number of aliphatic hydroxyl groups excluding tert-OH is 1. The molecular weight excluding hydrogens is 234 g/mol. The fourth-order valence-electron chi connectivity index (χ4n) is 2.70. The number of alkyl carbamates (subject to hydrolysis) is 1. The van der Waals surface area contributed by atoms with Crippen molar-refractivity contribution >= 4 is 6.09 Å². The van der Waals surface area contributed by atoms with Crippen molar-refractivity contribution in [1.82, 2.24) is 5.32 Å². The number of nitrogens with one attached hydrogen (secondary N) is 1. The van der Waals surface area contributed by atoms with Crippen molar-refractivity contribution in [2.75, 3.05) is 13.2 Å². The lowest BCUT2D eigenvalue weighted by atomic mass is 9.87. The van der Waals surface area contributed by atoms with Gasteiger partial charge in [-0.2, -0.15) is 0 Å². The van der Waals surface area contributed by atoms with Crippen LogP contribution in [0.4, 0.5) is 4.79 Å². The number of ether oxygens (including phenoxy) is 2. The van der Waals surface area contributed by atoms with Crippen molar-refractivity contribution in [3.63, 3.8) is 0 Å². The summed E-state index contributed by atoms with van der Waals surface area (Å²) in [5, 5.41) is 12.4. The van der Waals surface area contributed by atoms with Gasteiger partial charge in [-0.05, 0) is 5.56 Å². The van der Waals surface area contributed by atoms with E-state index in [1.54, 1.807) is 0 Å². The number of hydrogen-bond donors (Lipinski definition) is 2. The van der Waals surface area contributed by atoms with E-state index in [4.69, 9.17) is 9.47 Å². The lowest BCUT2D eigenvalue weighted by Gasteiger charge is -2.30. The Balaban J connectivity index is 1.85. The summed E-state index contributed by atoms with van der Waals surface area (Å²) in [6.07, 6.45) is -0.178. The maximum atomic E-state index is 11.2. The summed E-state index contributed by atoms with van der Waals surface area (Å²) in [5.74, 6) is 0. The Morgan fingerprint density at radius 1 is 1.39 bits per heavy atom. The summed E-state index contributed by atoms with van der Waals surface area (Å²) < 4.78 is 10.8. The molecule has 2 aliphatic heterocycles. The van der Waals surface area contributed by atoms with Crippen molar-refractivity contribution in [2.24, 2.45) is 0 Å². The summed E-state index contributed by atoms with van der Waals surface area (Å²) in [6, 6.07) is 9.49. The second-order valence-electron chi connectivity index (χ2n) is 4.76. The summed E-state index contributed by atoms with van der Waals surface area (Å²) >= 11 is 0. The van der Waals surface area contributed by atoms with Crippen molar-refractivity contribution in [2.45, 2.75) is 24.2 Å². The van der Waals surface area contributed by atoms with E-state index >= 15 is 0 Å². The molecule has 3 rings (SSSR count). The summed E-state index contributed by atoms with van der Waals surface area (Å²) in [5.41, 5.74) is 0.284. The number of carbonyl (C=O) groups excluding carboxylic acids is 1. The van der Waals surface area contributed by atoms with E-state index in [2.05, 4.69) is 5.32 Å². The smallest absolute Gasteiger partial charge is 0.408 e. The SMILES string of the molecule is O=C1N[C@@H]2[C@@H](CO[C@@]2(CO)Cc2ccccc2)O1. The van der Waals surface area contributed by atoms with Crippen LogP contribution in [-0.2, 0) is 15.9 Å². The van der Waals surface area contributed by atoms with Crippen LogP contribution in [0.2, 0.25) is 0 Å². The minimum Gasteiger partial charge on any atom is -0.441 e. The van der Waals surface area contributed by atoms with Gasteiger partial charge in [-0.15, -0.1) is 0 Å². The first-order valence-electron chi connectivity index (χ1n) is 5.99. The third-order valence-corrected chi connectivity index (χ3v) is 3.62. The molecule has 0 aromatic heterocycles. The van der Waals surface area contributed by atoms with Gasteiger partial charge < -0.3 is 19.9 Å². The van der Waals surface area contributed by atoms with Crippen molar-refractivity contribution in [3.05, 3.63) is 35.9 Å². The molecule has 2 fully saturated rings. The second kappa shape index (κ2) is 4.26. The lowest BCUT2D eigenvalue weighted by molar-refractivity contribution is -0.0514. The van der Waals surface area contributed by atoms with Gasteiger partial charge in [-0.1, -0.05) is 30.3 Å². The molecule has 1 aromatic carbocycles. The molecule has 0 saturated carbocycles. The minimum atomic E-state index is -0.780. The quantitative estimate of drug-likeness (QED) is 0.817. The summed E-state index contributed by atoms with van der Waals surface area (Å²) in [4.78, 5) is 11.2. The van der Waals surface area contributed by atoms with E-state index < -0.39 is 11.7 Å². The zero-order valence-electron chi connectivity index (χ0n) is 9.83. The van der Waals surface area contributed by atoms with Gasteiger partial charge in [-0.3, -0.25) is 0 Å². The molecule has 2 heterocycles. The fraction of sp³-hybridized carbons (Fsp3) is 0.462. The van der Waals surface area contributed by atoms with Gasteiger partial charge >= 0.3 is 6.09 Å². The van der Waals surface area contributed by atoms with E-state index in [-0.39, 0.29) is 18.8 Å². The molecule has 5 heteroatoms. The molecule has 1 amide bonds. The third-order valence-electron chi connectivity index (χ3n) is 3.62. The third kappa shape index (κ3) is 1.76. The average molecular weight is 249 g/mol. The average Bonchev–Trinajstić information content (AvgIpc) is 2.90. The fourth-order valence-corrected chi connectivity index (χ4v) is 2.70. The first kappa shape index (κ1) is 11.5. The lowest BCUT2D eigenvalue weighted by Crippen LogP contribution is -2.52. The summed E-state index contributed by atoms with van der Waals surface area (Å²) in [7, 11) is 0. The van der Waals surface area contributed by atoms with Gasteiger partial charge in [0.25, 0.3) is 0 Å². The van der Waals surface area contributed by atoms with E-state index in [0.717, 1.165) is 5.56 Å². The van der Waals surface area contributed by atoms with Crippen LogP contribution in [0.15, 0.2) is 30.3 Å². The number of fused-ring (bicyclic) bond motifs is 1. The minimum absolute atomic E-state index is 0.146. The Bertz CT molecular complexity index is 450. The van der Waals surface area contributed by atoms with Crippen molar-refractivity contribution in [3.8, 4) is 0 Å². The van der Waals surface area contributed by atoms with E-state index in [1.165, 1.54) is 0 Å². The van der Waals surface area contributed by atoms with Gasteiger partial charge in [0.05, 0.1) is 13.2 Å². The number of rotatable bonds is 3. The largest absolute Gasteiger partial charge is 0.441 e. The number of carbonyl (C=O) groups is 1. The van der Waals surface area contributed by atoms with Crippen LogP contribution in [0.1, 0.15) is 5.56 Å². The van der Waals surface area contributed by atoms with Crippen LogP contribution >= 0.6 is 0 Å². The van der Waals surface area contributed by atoms with Gasteiger partial charge in [0.2, 0.25) is 0 Å².